The van der Waals surface area contributed by atoms with Crippen LogP contribution in [0.4, 0.5) is 0 Å². The van der Waals surface area contributed by atoms with E-state index >= 15 is 0 Å². The summed E-state index contributed by atoms with van der Waals surface area (Å²) in [5.74, 6) is 0. The van der Waals surface area contributed by atoms with Crippen LogP contribution in [0, 0.1) is 0 Å². The molecule has 0 bridgehead atoms. The molecule has 0 fully saturated rings. The second-order valence-corrected chi connectivity index (χ2v) is 7.53. The van der Waals surface area contributed by atoms with Gasteiger partial charge in [-0.05, 0) is 41.1 Å². The van der Waals surface area contributed by atoms with Crippen molar-refractivity contribution in [1.82, 2.24) is 4.57 Å². The first-order valence-electron chi connectivity index (χ1n) is 7.05. The maximum Gasteiger partial charge on any atom is 0.0705 e. The summed E-state index contributed by atoms with van der Waals surface area (Å²) >= 11 is 5.36. The summed E-state index contributed by atoms with van der Waals surface area (Å²) < 4.78 is 3.60. The Morgan fingerprint density at radius 3 is 2.52 bits per heavy atom. The van der Waals surface area contributed by atoms with Crippen molar-refractivity contribution < 1.29 is 0 Å². The van der Waals surface area contributed by atoms with Crippen LogP contribution in [-0.2, 0) is 6.54 Å². The third kappa shape index (κ3) is 1.95. The number of aryl methyl sites for hydroxylation is 1. The van der Waals surface area contributed by atoms with E-state index in [2.05, 4.69) is 82.0 Å². The fraction of sp³-hybridized carbons (Fsp3) is 0.111. The molecule has 3 heteroatoms. The second kappa shape index (κ2) is 5.00. The van der Waals surface area contributed by atoms with Crippen molar-refractivity contribution in [3.8, 4) is 10.4 Å². The lowest BCUT2D eigenvalue weighted by molar-refractivity contribution is 0.828. The molecule has 0 aliphatic heterocycles. The van der Waals surface area contributed by atoms with Gasteiger partial charge in [0.1, 0.15) is 0 Å². The lowest BCUT2D eigenvalue weighted by Gasteiger charge is -2.07. The maximum absolute atomic E-state index is 3.58. The number of hydrogen-bond acceptors (Lipinski definition) is 1. The van der Waals surface area contributed by atoms with Crippen LogP contribution in [0.1, 0.15) is 6.92 Å². The minimum atomic E-state index is 0.980. The molecule has 0 saturated carbocycles. The summed E-state index contributed by atoms with van der Waals surface area (Å²) in [6.45, 7) is 3.20. The monoisotopic (exact) mass is 355 g/mol. The standard InChI is InChI=1S/C18H14BrNS/c1-2-20-15-9-4-3-6-12(15)13-7-5-8-14(18(13)20)16-10-11-17(19)21-16/h3-11H,2H2,1H3. The van der Waals surface area contributed by atoms with Gasteiger partial charge in [0.05, 0.1) is 9.30 Å². The Morgan fingerprint density at radius 1 is 0.952 bits per heavy atom. The Balaban J connectivity index is 2.18. The van der Waals surface area contributed by atoms with Crippen LogP contribution in [0.2, 0.25) is 0 Å². The van der Waals surface area contributed by atoms with Crippen LogP contribution < -0.4 is 0 Å². The van der Waals surface area contributed by atoms with Gasteiger partial charge in [0.2, 0.25) is 0 Å². The highest BCUT2D eigenvalue weighted by Crippen LogP contribution is 2.39. The minimum Gasteiger partial charge on any atom is -0.340 e. The third-order valence-electron chi connectivity index (χ3n) is 3.95. The van der Waals surface area contributed by atoms with E-state index in [0.717, 1.165) is 6.54 Å². The molecule has 2 aromatic heterocycles. The van der Waals surface area contributed by atoms with Gasteiger partial charge < -0.3 is 4.57 Å². The van der Waals surface area contributed by atoms with Gasteiger partial charge in [0, 0.05) is 33.3 Å². The molecule has 104 valence electrons. The molecule has 0 saturated heterocycles. The van der Waals surface area contributed by atoms with E-state index < -0.39 is 0 Å². The van der Waals surface area contributed by atoms with Crippen LogP contribution in [-0.4, -0.2) is 4.57 Å². The van der Waals surface area contributed by atoms with Gasteiger partial charge in [-0.25, -0.2) is 0 Å². The third-order valence-corrected chi connectivity index (χ3v) is 5.60. The molecule has 2 aromatic carbocycles. The molecule has 0 aliphatic rings. The quantitative estimate of drug-likeness (QED) is 0.397. The molecule has 4 rings (SSSR count). The van der Waals surface area contributed by atoms with Gasteiger partial charge in [0.15, 0.2) is 0 Å². The molecule has 0 radical (unpaired) electrons. The van der Waals surface area contributed by atoms with Crippen LogP contribution in [0.3, 0.4) is 0 Å². The average molecular weight is 356 g/mol. The molecule has 2 heterocycles. The molecule has 0 unspecified atom stereocenters. The molecule has 0 amide bonds. The summed E-state index contributed by atoms with van der Waals surface area (Å²) in [6, 6.07) is 19.6. The zero-order valence-electron chi connectivity index (χ0n) is 11.6. The number of benzene rings is 2. The van der Waals surface area contributed by atoms with Gasteiger partial charge in [-0.3, -0.25) is 0 Å². The molecule has 21 heavy (non-hydrogen) atoms. The largest absolute Gasteiger partial charge is 0.340 e. The van der Waals surface area contributed by atoms with E-state index in [1.807, 2.05) is 0 Å². The number of para-hydroxylation sites is 2. The fourth-order valence-electron chi connectivity index (χ4n) is 3.10. The van der Waals surface area contributed by atoms with E-state index in [1.165, 1.54) is 36.0 Å². The summed E-state index contributed by atoms with van der Waals surface area (Å²) in [7, 11) is 0. The van der Waals surface area contributed by atoms with Crippen molar-refractivity contribution in [2.75, 3.05) is 0 Å². The van der Waals surface area contributed by atoms with E-state index in [1.54, 1.807) is 11.3 Å². The number of thiophene rings is 1. The van der Waals surface area contributed by atoms with E-state index in [4.69, 9.17) is 0 Å². The van der Waals surface area contributed by atoms with Gasteiger partial charge >= 0.3 is 0 Å². The van der Waals surface area contributed by atoms with Crippen molar-refractivity contribution in [2.45, 2.75) is 13.5 Å². The van der Waals surface area contributed by atoms with Crippen molar-refractivity contribution in [1.29, 1.82) is 0 Å². The van der Waals surface area contributed by atoms with Crippen molar-refractivity contribution >= 4 is 49.1 Å². The number of rotatable bonds is 2. The van der Waals surface area contributed by atoms with Gasteiger partial charge in [0.25, 0.3) is 0 Å². The predicted molar refractivity (Wildman–Crippen MR) is 96.1 cm³/mol. The molecule has 0 spiro atoms. The smallest absolute Gasteiger partial charge is 0.0705 e. The first kappa shape index (κ1) is 13.1. The fourth-order valence-corrected chi connectivity index (χ4v) is 4.51. The van der Waals surface area contributed by atoms with Crippen LogP contribution in [0.25, 0.3) is 32.2 Å². The molecular formula is C18H14BrNS. The zero-order chi connectivity index (χ0) is 14.4. The molecular weight excluding hydrogens is 342 g/mol. The number of halogens is 1. The molecule has 1 nitrogen and oxygen atoms in total. The van der Waals surface area contributed by atoms with Crippen molar-refractivity contribution in [3.05, 3.63) is 58.4 Å². The van der Waals surface area contributed by atoms with Gasteiger partial charge in [-0.2, -0.15) is 0 Å². The Bertz CT molecular complexity index is 948. The highest BCUT2D eigenvalue weighted by atomic mass is 79.9. The Morgan fingerprint density at radius 2 is 1.76 bits per heavy atom. The first-order chi connectivity index (χ1) is 10.3. The number of hydrogen-bond donors (Lipinski definition) is 0. The highest BCUT2D eigenvalue weighted by Gasteiger charge is 2.14. The summed E-state index contributed by atoms with van der Waals surface area (Å²) in [4.78, 5) is 1.31. The normalized spacial score (nSPS) is 11.5. The van der Waals surface area contributed by atoms with Crippen LogP contribution >= 0.6 is 27.3 Å². The number of aromatic nitrogens is 1. The van der Waals surface area contributed by atoms with E-state index in [-0.39, 0.29) is 0 Å². The first-order valence-corrected chi connectivity index (χ1v) is 8.66. The topological polar surface area (TPSA) is 4.93 Å². The second-order valence-electron chi connectivity index (χ2n) is 5.07. The van der Waals surface area contributed by atoms with Gasteiger partial charge in [-0.1, -0.05) is 36.4 Å². The summed E-state index contributed by atoms with van der Waals surface area (Å²) in [6.07, 6.45) is 0. The Hall–Kier alpha value is -1.58. The molecule has 0 N–H and O–H groups in total. The Kier molecular flexibility index (Phi) is 3.12. The van der Waals surface area contributed by atoms with Crippen molar-refractivity contribution in [3.63, 3.8) is 0 Å². The van der Waals surface area contributed by atoms with Gasteiger partial charge in [-0.15, -0.1) is 11.3 Å². The molecule has 0 atom stereocenters. The highest BCUT2D eigenvalue weighted by molar-refractivity contribution is 9.11. The zero-order valence-corrected chi connectivity index (χ0v) is 14.0. The average Bonchev–Trinajstić information content (AvgIpc) is 3.08. The minimum absolute atomic E-state index is 0.980. The van der Waals surface area contributed by atoms with E-state index in [0.29, 0.717) is 0 Å². The lowest BCUT2D eigenvalue weighted by atomic mass is 10.1. The van der Waals surface area contributed by atoms with Crippen LogP contribution in [0.5, 0.6) is 0 Å². The maximum atomic E-state index is 3.58. The summed E-state index contributed by atoms with van der Waals surface area (Å²) in [5.41, 5.74) is 3.98. The van der Waals surface area contributed by atoms with E-state index in [9.17, 15) is 0 Å². The number of fused-ring (bicyclic) bond motifs is 3. The lowest BCUT2D eigenvalue weighted by Crippen LogP contribution is -1.94. The molecule has 4 aromatic rings. The Labute approximate surface area is 136 Å². The predicted octanol–water partition coefficient (Wildman–Crippen LogP) is 6.31. The SMILES string of the molecule is CCn1c2ccccc2c2cccc(-c3ccc(Br)s3)c21. The number of nitrogens with zero attached hydrogens (tertiary/aromatic N) is 1. The van der Waals surface area contributed by atoms with Crippen LogP contribution in [0.15, 0.2) is 58.4 Å². The molecule has 0 aliphatic carbocycles. The van der Waals surface area contributed by atoms with Crippen molar-refractivity contribution in [2.24, 2.45) is 0 Å². The summed E-state index contributed by atoms with van der Waals surface area (Å²) in [5, 5.41) is 2.68.